The van der Waals surface area contributed by atoms with Gasteiger partial charge in [0.2, 0.25) is 0 Å². The van der Waals surface area contributed by atoms with Crippen molar-refractivity contribution < 1.29 is 0 Å². The van der Waals surface area contributed by atoms with Crippen LogP contribution in [0.3, 0.4) is 0 Å². The van der Waals surface area contributed by atoms with Gasteiger partial charge in [0.05, 0.1) is 16.8 Å². The van der Waals surface area contributed by atoms with Crippen molar-refractivity contribution in [2.45, 2.75) is 33.1 Å². The molecule has 3 heteroatoms. The predicted octanol–water partition coefficient (Wildman–Crippen LogP) is 4.05. The number of anilines is 1. The summed E-state index contributed by atoms with van der Waals surface area (Å²) in [6.45, 7) is 7.23. The highest BCUT2D eigenvalue weighted by Crippen LogP contribution is 2.29. The Hall–Kier alpha value is -2.08. The van der Waals surface area contributed by atoms with Crippen LogP contribution < -0.4 is 5.32 Å². The highest BCUT2D eigenvalue weighted by Gasteiger charge is 2.10. The molecular weight excluding hydrogens is 234 g/mol. The molecule has 0 aliphatic heterocycles. The molecular formula is C16H19N3. The van der Waals surface area contributed by atoms with E-state index < -0.39 is 0 Å². The Morgan fingerprint density at radius 1 is 1.37 bits per heavy atom. The number of aromatic nitrogens is 1. The van der Waals surface area contributed by atoms with Crippen LogP contribution in [0.1, 0.15) is 44.2 Å². The molecule has 1 unspecified atom stereocenters. The van der Waals surface area contributed by atoms with Crippen molar-refractivity contribution in [2.24, 2.45) is 0 Å². The Morgan fingerprint density at radius 2 is 2.16 bits per heavy atom. The van der Waals surface area contributed by atoms with E-state index in [2.05, 4.69) is 42.4 Å². The normalized spacial score (nSPS) is 12.1. The maximum atomic E-state index is 9.20. The van der Waals surface area contributed by atoms with Gasteiger partial charge in [0.1, 0.15) is 6.07 Å². The molecule has 0 aliphatic rings. The molecule has 2 aromatic rings. The Bertz CT molecular complexity index is 626. The molecule has 0 aliphatic carbocycles. The van der Waals surface area contributed by atoms with E-state index in [9.17, 15) is 5.26 Å². The third-order valence-electron chi connectivity index (χ3n) is 3.55. The number of pyridine rings is 1. The molecule has 0 fully saturated rings. The van der Waals surface area contributed by atoms with Crippen molar-refractivity contribution in [2.75, 3.05) is 11.9 Å². The molecule has 2 rings (SSSR count). The Morgan fingerprint density at radius 3 is 2.79 bits per heavy atom. The molecule has 0 amide bonds. The number of nitrogens with zero attached hydrogens (tertiary/aromatic N) is 2. The Balaban J connectivity index is 2.67. The van der Waals surface area contributed by atoms with E-state index >= 15 is 0 Å². The van der Waals surface area contributed by atoms with Crippen LogP contribution in [-0.2, 0) is 0 Å². The lowest BCUT2D eigenvalue weighted by Crippen LogP contribution is -2.02. The first-order valence-electron chi connectivity index (χ1n) is 6.77. The summed E-state index contributed by atoms with van der Waals surface area (Å²) in [6.07, 6.45) is 2.75. The van der Waals surface area contributed by atoms with Crippen molar-refractivity contribution in [3.05, 3.63) is 35.5 Å². The molecule has 3 nitrogen and oxygen atoms in total. The minimum absolute atomic E-state index is 0.518. The van der Waals surface area contributed by atoms with Crippen LogP contribution in [0.15, 0.2) is 24.4 Å². The van der Waals surface area contributed by atoms with Crippen molar-refractivity contribution in [3.8, 4) is 6.07 Å². The van der Waals surface area contributed by atoms with Crippen molar-refractivity contribution >= 4 is 16.6 Å². The van der Waals surface area contributed by atoms with Gasteiger partial charge in [-0.3, -0.25) is 4.98 Å². The van der Waals surface area contributed by atoms with Gasteiger partial charge in [0.25, 0.3) is 0 Å². The fourth-order valence-corrected chi connectivity index (χ4v) is 2.20. The first-order valence-corrected chi connectivity index (χ1v) is 6.77. The van der Waals surface area contributed by atoms with Gasteiger partial charge < -0.3 is 5.32 Å². The van der Waals surface area contributed by atoms with Gasteiger partial charge in [-0.05, 0) is 37.0 Å². The molecule has 0 bridgehead atoms. The number of benzene rings is 1. The maximum Gasteiger partial charge on any atom is 0.103 e. The van der Waals surface area contributed by atoms with E-state index in [4.69, 9.17) is 0 Å². The average molecular weight is 253 g/mol. The topological polar surface area (TPSA) is 48.7 Å². The number of hydrogen-bond acceptors (Lipinski definition) is 3. The second-order valence-corrected chi connectivity index (χ2v) is 4.77. The van der Waals surface area contributed by atoms with Gasteiger partial charge >= 0.3 is 0 Å². The molecule has 19 heavy (non-hydrogen) atoms. The minimum atomic E-state index is 0.518. The van der Waals surface area contributed by atoms with Crippen LogP contribution in [0.25, 0.3) is 10.9 Å². The van der Waals surface area contributed by atoms with Crippen LogP contribution >= 0.6 is 0 Å². The summed E-state index contributed by atoms with van der Waals surface area (Å²) in [7, 11) is 0. The summed E-state index contributed by atoms with van der Waals surface area (Å²) in [6, 6.07) is 8.54. The zero-order valence-corrected chi connectivity index (χ0v) is 11.7. The summed E-state index contributed by atoms with van der Waals surface area (Å²) < 4.78 is 0. The minimum Gasteiger partial charge on any atom is -0.384 e. The second kappa shape index (κ2) is 5.71. The van der Waals surface area contributed by atoms with Gasteiger partial charge in [0.15, 0.2) is 0 Å². The highest BCUT2D eigenvalue weighted by atomic mass is 14.9. The molecule has 0 radical (unpaired) electrons. The maximum absolute atomic E-state index is 9.20. The van der Waals surface area contributed by atoms with Crippen LogP contribution in [0.4, 0.5) is 5.69 Å². The SMILES string of the molecule is CCNc1c(C#N)cnc2ccc(C(C)CC)cc12. The average Bonchev–Trinajstić information content (AvgIpc) is 2.46. The first-order chi connectivity index (χ1) is 9.21. The smallest absolute Gasteiger partial charge is 0.103 e. The molecule has 0 saturated heterocycles. The lowest BCUT2D eigenvalue weighted by atomic mass is 9.96. The molecule has 0 saturated carbocycles. The summed E-state index contributed by atoms with van der Waals surface area (Å²) >= 11 is 0. The molecule has 0 spiro atoms. The number of hydrogen-bond donors (Lipinski definition) is 1. The van der Waals surface area contributed by atoms with E-state index in [1.807, 2.05) is 13.0 Å². The predicted molar refractivity (Wildman–Crippen MR) is 79.3 cm³/mol. The van der Waals surface area contributed by atoms with E-state index in [0.717, 1.165) is 29.6 Å². The fourth-order valence-electron chi connectivity index (χ4n) is 2.20. The summed E-state index contributed by atoms with van der Waals surface area (Å²) in [5.41, 5.74) is 3.74. The van der Waals surface area contributed by atoms with Crippen molar-refractivity contribution in [3.63, 3.8) is 0 Å². The number of nitrogens with one attached hydrogen (secondary N) is 1. The van der Waals surface area contributed by atoms with E-state index in [-0.39, 0.29) is 0 Å². The van der Waals surface area contributed by atoms with Gasteiger partial charge in [-0.25, -0.2) is 0 Å². The summed E-state index contributed by atoms with van der Waals surface area (Å²) in [4.78, 5) is 4.36. The third-order valence-corrected chi connectivity index (χ3v) is 3.55. The first kappa shape index (κ1) is 13.4. The van der Waals surface area contributed by atoms with Crippen LogP contribution in [0.5, 0.6) is 0 Å². The van der Waals surface area contributed by atoms with Gasteiger partial charge in [-0.2, -0.15) is 5.26 Å². The molecule has 1 atom stereocenters. The standard InChI is InChI=1S/C16H19N3/c1-4-11(3)12-6-7-15-14(8-12)16(18-5-2)13(9-17)10-19-15/h6-8,10-11H,4-5H2,1-3H3,(H,18,19). The zero-order valence-electron chi connectivity index (χ0n) is 11.7. The number of fused-ring (bicyclic) bond motifs is 1. The van der Waals surface area contributed by atoms with Gasteiger partial charge in [-0.15, -0.1) is 0 Å². The number of nitriles is 1. The van der Waals surface area contributed by atoms with Crippen LogP contribution in [0, 0.1) is 11.3 Å². The Labute approximate surface area is 114 Å². The molecule has 1 heterocycles. The van der Waals surface area contributed by atoms with Crippen molar-refractivity contribution in [1.29, 1.82) is 5.26 Å². The van der Waals surface area contributed by atoms with Crippen LogP contribution in [0.2, 0.25) is 0 Å². The van der Waals surface area contributed by atoms with E-state index in [1.165, 1.54) is 5.56 Å². The van der Waals surface area contributed by atoms with E-state index in [0.29, 0.717) is 11.5 Å². The quantitative estimate of drug-likeness (QED) is 0.894. The monoisotopic (exact) mass is 253 g/mol. The number of rotatable bonds is 4. The van der Waals surface area contributed by atoms with E-state index in [1.54, 1.807) is 6.20 Å². The highest BCUT2D eigenvalue weighted by molar-refractivity contribution is 5.94. The van der Waals surface area contributed by atoms with Crippen molar-refractivity contribution in [1.82, 2.24) is 4.98 Å². The second-order valence-electron chi connectivity index (χ2n) is 4.77. The lowest BCUT2D eigenvalue weighted by molar-refractivity contribution is 0.734. The lowest BCUT2D eigenvalue weighted by Gasteiger charge is -2.13. The fraction of sp³-hybridized carbons (Fsp3) is 0.375. The molecule has 1 N–H and O–H groups in total. The molecule has 98 valence electrons. The largest absolute Gasteiger partial charge is 0.384 e. The van der Waals surface area contributed by atoms with Gasteiger partial charge in [0, 0.05) is 18.1 Å². The molecule has 1 aromatic heterocycles. The third kappa shape index (κ3) is 2.53. The van der Waals surface area contributed by atoms with Gasteiger partial charge in [-0.1, -0.05) is 19.9 Å². The zero-order chi connectivity index (χ0) is 13.8. The Kier molecular flexibility index (Phi) is 4.01. The van der Waals surface area contributed by atoms with Crippen LogP contribution in [-0.4, -0.2) is 11.5 Å². The molecule has 1 aromatic carbocycles. The summed E-state index contributed by atoms with van der Waals surface area (Å²) in [5, 5.41) is 13.5. The summed E-state index contributed by atoms with van der Waals surface area (Å²) in [5.74, 6) is 0.518.